The number of hydrogen-bond donors (Lipinski definition) is 1. The summed E-state index contributed by atoms with van der Waals surface area (Å²) in [6.07, 6.45) is 0.879. The minimum absolute atomic E-state index is 0.347. The Kier molecular flexibility index (Phi) is 4.94. The van der Waals surface area contributed by atoms with Crippen molar-refractivity contribution in [3.63, 3.8) is 0 Å². The number of hydrogen-bond acceptors (Lipinski definition) is 2. The van der Waals surface area contributed by atoms with Crippen LogP contribution in [0.15, 0.2) is 24.3 Å². The highest BCUT2D eigenvalue weighted by molar-refractivity contribution is 6.31. The Morgan fingerprint density at radius 2 is 2.14 bits per heavy atom. The monoisotopic (exact) mass is 213 g/mol. The lowest BCUT2D eigenvalue weighted by atomic mass is 10.0. The van der Waals surface area contributed by atoms with Crippen LogP contribution in [0.4, 0.5) is 0 Å². The van der Waals surface area contributed by atoms with Crippen molar-refractivity contribution in [3.8, 4) is 0 Å². The van der Waals surface area contributed by atoms with Gasteiger partial charge in [0, 0.05) is 12.1 Å². The molecule has 0 radical (unpaired) electrons. The van der Waals surface area contributed by atoms with Crippen LogP contribution in [0, 0.1) is 5.92 Å². The van der Waals surface area contributed by atoms with E-state index in [1.165, 1.54) is 0 Å². The van der Waals surface area contributed by atoms with Gasteiger partial charge in [-0.3, -0.25) is 0 Å². The number of methoxy groups -OCH3 is 1. The van der Waals surface area contributed by atoms with Gasteiger partial charge in [0.05, 0.1) is 6.61 Å². The Hall–Kier alpha value is -0.570. The van der Waals surface area contributed by atoms with Crippen LogP contribution in [-0.4, -0.2) is 20.3 Å². The Morgan fingerprint density at radius 3 is 2.71 bits per heavy atom. The average Bonchev–Trinajstić information content (AvgIpc) is 2.20. The summed E-state index contributed by atoms with van der Waals surface area (Å²) in [5.74, 6) is 0.347. The van der Waals surface area contributed by atoms with Crippen LogP contribution >= 0.6 is 11.6 Å². The van der Waals surface area contributed by atoms with Crippen molar-refractivity contribution in [1.29, 1.82) is 0 Å². The molecule has 0 aliphatic rings. The average molecular weight is 214 g/mol. The molecule has 78 valence electrons. The van der Waals surface area contributed by atoms with E-state index >= 15 is 0 Å². The molecule has 0 saturated heterocycles. The van der Waals surface area contributed by atoms with Crippen LogP contribution in [0.3, 0.4) is 0 Å². The summed E-state index contributed by atoms with van der Waals surface area (Å²) in [7, 11) is 1.69. The third-order valence-corrected chi connectivity index (χ3v) is 2.57. The van der Waals surface area contributed by atoms with Gasteiger partial charge in [0.1, 0.15) is 0 Å². The van der Waals surface area contributed by atoms with Gasteiger partial charge in [0.2, 0.25) is 0 Å². The lowest BCUT2D eigenvalue weighted by molar-refractivity contribution is 0.155. The molecule has 0 saturated carbocycles. The normalized spacial score (nSPS) is 12.8. The molecule has 1 aromatic rings. The number of nitrogens with two attached hydrogens (primary N) is 1. The second-order valence-corrected chi connectivity index (χ2v) is 3.76. The van der Waals surface area contributed by atoms with Gasteiger partial charge in [-0.25, -0.2) is 0 Å². The molecule has 0 amide bonds. The lowest BCUT2D eigenvalue weighted by Gasteiger charge is -2.14. The first-order chi connectivity index (χ1) is 6.77. The summed E-state index contributed by atoms with van der Waals surface area (Å²) in [6.45, 7) is 1.31. The smallest absolute Gasteiger partial charge is 0.0505 e. The first kappa shape index (κ1) is 11.5. The van der Waals surface area contributed by atoms with Gasteiger partial charge in [0.25, 0.3) is 0 Å². The molecule has 2 nitrogen and oxygen atoms in total. The Morgan fingerprint density at radius 1 is 1.43 bits per heavy atom. The third kappa shape index (κ3) is 3.29. The fraction of sp³-hybridized carbons (Fsp3) is 0.455. The molecule has 0 aromatic heterocycles. The van der Waals surface area contributed by atoms with Crippen molar-refractivity contribution in [2.75, 3.05) is 20.3 Å². The van der Waals surface area contributed by atoms with Crippen LogP contribution in [0.1, 0.15) is 5.56 Å². The Labute approximate surface area is 90.0 Å². The SMILES string of the molecule is COCC(CN)Cc1ccccc1Cl. The van der Waals surface area contributed by atoms with Crippen molar-refractivity contribution in [3.05, 3.63) is 34.9 Å². The summed E-state index contributed by atoms with van der Waals surface area (Å²) < 4.78 is 5.08. The number of rotatable bonds is 5. The van der Waals surface area contributed by atoms with Gasteiger partial charge >= 0.3 is 0 Å². The van der Waals surface area contributed by atoms with Crippen LogP contribution in [0.25, 0.3) is 0 Å². The second kappa shape index (κ2) is 6.02. The fourth-order valence-electron chi connectivity index (χ4n) is 1.42. The van der Waals surface area contributed by atoms with Crippen LogP contribution in [0.5, 0.6) is 0 Å². The van der Waals surface area contributed by atoms with E-state index in [0.717, 1.165) is 17.0 Å². The van der Waals surface area contributed by atoms with Crippen molar-refractivity contribution in [2.45, 2.75) is 6.42 Å². The maximum Gasteiger partial charge on any atom is 0.0505 e. The molecule has 0 aliphatic heterocycles. The van der Waals surface area contributed by atoms with Gasteiger partial charge < -0.3 is 10.5 Å². The zero-order chi connectivity index (χ0) is 10.4. The first-order valence-corrected chi connectivity index (χ1v) is 5.08. The number of halogens is 1. The molecule has 0 fully saturated rings. The van der Waals surface area contributed by atoms with E-state index in [2.05, 4.69) is 0 Å². The van der Waals surface area contributed by atoms with Crippen LogP contribution in [0.2, 0.25) is 5.02 Å². The minimum atomic E-state index is 0.347. The van der Waals surface area contributed by atoms with Crippen molar-refractivity contribution in [1.82, 2.24) is 0 Å². The molecule has 3 heteroatoms. The Balaban J connectivity index is 2.62. The maximum atomic E-state index is 6.04. The quantitative estimate of drug-likeness (QED) is 0.813. The van der Waals surface area contributed by atoms with E-state index in [0.29, 0.717) is 19.1 Å². The fourth-order valence-corrected chi connectivity index (χ4v) is 1.63. The van der Waals surface area contributed by atoms with E-state index in [9.17, 15) is 0 Å². The molecule has 0 heterocycles. The zero-order valence-corrected chi connectivity index (χ0v) is 9.13. The molecule has 2 N–H and O–H groups in total. The van der Waals surface area contributed by atoms with Crippen molar-refractivity contribution in [2.24, 2.45) is 11.7 Å². The maximum absolute atomic E-state index is 6.04. The van der Waals surface area contributed by atoms with E-state index < -0.39 is 0 Å². The molecule has 0 spiro atoms. The highest BCUT2D eigenvalue weighted by Gasteiger charge is 2.09. The minimum Gasteiger partial charge on any atom is -0.384 e. The summed E-state index contributed by atoms with van der Waals surface area (Å²) in [4.78, 5) is 0. The summed E-state index contributed by atoms with van der Waals surface area (Å²) >= 11 is 6.04. The summed E-state index contributed by atoms with van der Waals surface area (Å²) in [5, 5.41) is 0.807. The highest BCUT2D eigenvalue weighted by Crippen LogP contribution is 2.18. The molecular formula is C11H16ClNO. The molecule has 0 aliphatic carbocycles. The van der Waals surface area contributed by atoms with E-state index in [1.807, 2.05) is 24.3 Å². The van der Waals surface area contributed by atoms with Crippen LogP contribution in [-0.2, 0) is 11.2 Å². The molecule has 1 rings (SSSR count). The predicted octanol–water partition coefficient (Wildman–Crippen LogP) is 2.10. The summed E-state index contributed by atoms with van der Waals surface area (Å²) in [6, 6.07) is 7.85. The molecule has 0 bridgehead atoms. The van der Waals surface area contributed by atoms with Gasteiger partial charge in [-0.15, -0.1) is 0 Å². The van der Waals surface area contributed by atoms with Gasteiger partial charge in [-0.05, 0) is 30.5 Å². The second-order valence-electron chi connectivity index (χ2n) is 3.35. The van der Waals surface area contributed by atoms with Gasteiger partial charge in [-0.2, -0.15) is 0 Å². The largest absolute Gasteiger partial charge is 0.384 e. The van der Waals surface area contributed by atoms with E-state index in [1.54, 1.807) is 7.11 Å². The van der Waals surface area contributed by atoms with Crippen molar-refractivity contribution >= 4 is 11.6 Å². The Bertz CT molecular complexity index is 278. The molecule has 1 aromatic carbocycles. The molecular weight excluding hydrogens is 198 g/mol. The number of ether oxygens (including phenoxy) is 1. The zero-order valence-electron chi connectivity index (χ0n) is 8.37. The van der Waals surface area contributed by atoms with Gasteiger partial charge in [-0.1, -0.05) is 29.8 Å². The highest BCUT2D eigenvalue weighted by atomic mass is 35.5. The number of benzene rings is 1. The lowest BCUT2D eigenvalue weighted by Crippen LogP contribution is -2.21. The molecule has 14 heavy (non-hydrogen) atoms. The topological polar surface area (TPSA) is 35.2 Å². The predicted molar refractivity (Wildman–Crippen MR) is 59.6 cm³/mol. The summed E-state index contributed by atoms with van der Waals surface area (Å²) in [5.41, 5.74) is 6.77. The van der Waals surface area contributed by atoms with Crippen LogP contribution < -0.4 is 5.73 Å². The first-order valence-electron chi connectivity index (χ1n) is 4.70. The third-order valence-electron chi connectivity index (χ3n) is 2.20. The standard InChI is InChI=1S/C11H16ClNO/c1-14-8-9(7-13)6-10-4-2-3-5-11(10)12/h2-5,9H,6-8,13H2,1H3. The van der Waals surface area contributed by atoms with Gasteiger partial charge in [0.15, 0.2) is 0 Å². The van der Waals surface area contributed by atoms with E-state index in [4.69, 9.17) is 22.1 Å². The van der Waals surface area contributed by atoms with E-state index in [-0.39, 0.29) is 0 Å². The van der Waals surface area contributed by atoms with Crippen molar-refractivity contribution < 1.29 is 4.74 Å². The molecule has 1 unspecified atom stereocenters. The molecule has 1 atom stereocenters.